The summed E-state index contributed by atoms with van der Waals surface area (Å²) in [5, 5.41) is 3.25. The Morgan fingerprint density at radius 2 is 2.15 bits per heavy atom. The number of amides is 1. The number of ether oxygens (including phenoxy) is 1. The molecule has 1 unspecified atom stereocenters. The van der Waals surface area contributed by atoms with E-state index in [1.54, 1.807) is 36.7 Å². The van der Waals surface area contributed by atoms with Crippen molar-refractivity contribution >= 4 is 23.2 Å². The van der Waals surface area contributed by atoms with Crippen LogP contribution in [0.2, 0.25) is 5.02 Å². The van der Waals surface area contributed by atoms with Crippen LogP contribution in [0, 0.1) is 0 Å². The Labute approximate surface area is 122 Å². The van der Waals surface area contributed by atoms with Crippen LogP contribution < -0.4 is 10.1 Å². The first-order chi connectivity index (χ1) is 9.70. The smallest absolute Gasteiger partial charge is 0.265 e. The molecule has 0 aliphatic carbocycles. The quantitative estimate of drug-likeness (QED) is 0.916. The van der Waals surface area contributed by atoms with E-state index < -0.39 is 6.10 Å². The number of pyridine rings is 1. The number of carbonyl (C=O) groups is 1. The minimum absolute atomic E-state index is 0.222. The third kappa shape index (κ3) is 3.71. The number of carbonyl (C=O) groups excluding carboxylic acids is 1. The molecule has 0 fully saturated rings. The van der Waals surface area contributed by atoms with Gasteiger partial charge in [0.1, 0.15) is 5.75 Å². The number of benzene rings is 1. The fourth-order valence-corrected chi connectivity index (χ4v) is 1.86. The first-order valence-corrected chi connectivity index (χ1v) is 6.70. The maximum Gasteiger partial charge on any atom is 0.265 e. The molecule has 1 N–H and O–H groups in total. The molecule has 1 atom stereocenters. The molecule has 0 saturated carbocycles. The highest BCUT2D eigenvalue weighted by molar-refractivity contribution is 6.32. The molecule has 0 aliphatic heterocycles. The van der Waals surface area contributed by atoms with Gasteiger partial charge in [0.15, 0.2) is 6.10 Å². The Balaban J connectivity index is 2.05. The topological polar surface area (TPSA) is 51.2 Å². The van der Waals surface area contributed by atoms with Crippen molar-refractivity contribution in [3.63, 3.8) is 0 Å². The Morgan fingerprint density at radius 1 is 1.35 bits per heavy atom. The maximum absolute atomic E-state index is 12.2. The number of para-hydroxylation sites is 1. The molecule has 0 aliphatic rings. The van der Waals surface area contributed by atoms with Gasteiger partial charge in [-0.05, 0) is 30.7 Å². The summed E-state index contributed by atoms with van der Waals surface area (Å²) in [7, 11) is 0. The molecule has 20 heavy (non-hydrogen) atoms. The van der Waals surface area contributed by atoms with E-state index >= 15 is 0 Å². The molecule has 1 heterocycles. The van der Waals surface area contributed by atoms with Crippen LogP contribution in [0.25, 0.3) is 0 Å². The van der Waals surface area contributed by atoms with Gasteiger partial charge in [-0.15, -0.1) is 0 Å². The number of aromatic nitrogens is 1. The summed E-state index contributed by atoms with van der Waals surface area (Å²) in [6.45, 7) is 1.88. The molecular weight excluding hydrogens is 276 g/mol. The molecule has 2 rings (SSSR count). The molecule has 0 spiro atoms. The van der Waals surface area contributed by atoms with Crippen molar-refractivity contribution in [1.82, 2.24) is 4.98 Å². The van der Waals surface area contributed by atoms with Crippen molar-refractivity contribution in [2.75, 3.05) is 5.32 Å². The normalized spacial score (nSPS) is 11.7. The van der Waals surface area contributed by atoms with Crippen molar-refractivity contribution in [1.29, 1.82) is 0 Å². The summed E-state index contributed by atoms with van der Waals surface area (Å²) in [5.41, 5.74) is 0.638. The van der Waals surface area contributed by atoms with Gasteiger partial charge < -0.3 is 10.1 Å². The van der Waals surface area contributed by atoms with Gasteiger partial charge in [-0.25, -0.2) is 0 Å². The van der Waals surface area contributed by atoms with Crippen LogP contribution in [0.5, 0.6) is 5.75 Å². The van der Waals surface area contributed by atoms with Crippen LogP contribution >= 0.6 is 11.6 Å². The third-order valence-electron chi connectivity index (χ3n) is 2.70. The zero-order chi connectivity index (χ0) is 14.4. The van der Waals surface area contributed by atoms with Crippen molar-refractivity contribution in [2.45, 2.75) is 19.4 Å². The van der Waals surface area contributed by atoms with Crippen molar-refractivity contribution in [3.05, 3.63) is 53.8 Å². The summed E-state index contributed by atoms with van der Waals surface area (Å²) in [6, 6.07) is 10.6. The predicted octanol–water partition coefficient (Wildman–Crippen LogP) is 3.53. The molecule has 0 radical (unpaired) electrons. The van der Waals surface area contributed by atoms with Crippen LogP contribution in [0.3, 0.4) is 0 Å². The first kappa shape index (κ1) is 14.3. The Morgan fingerprint density at radius 3 is 2.80 bits per heavy atom. The van der Waals surface area contributed by atoms with E-state index in [9.17, 15) is 4.79 Å². The van der Waals surface area contributed by atoms with Crippen molar-refractivity contribution in [3.8, 4) is 5.75 Å². The minimum atomic E-state index is -0.602. The van der Waals surface area contributed by atoms with Gasteiger partial charge in [0.25, 0.3) is 5.91 Å². The van der Waals surface area contributed by atoms with Crippen LogP contribution in [0.1, 0.15) is 13.3 Å². The van der Waals surface area contributed by atoms with Gasteiger partial charge in [0, 0.05) is 6.20 Å². The first-order valence-electron chi connectivity index (χ1n) is 6.32. The number of anilines is 1. The molecule has 5 heteroatoms. The average molecular weight is 291 g/mol. The molecule has 1 amide bonds. The van der Waals surface area contributed by atoms with Crippen LogP contribution in [-0.2, 0) is 4.79 Å². The standard InChI is InChI=1S/C15H15ClN2O2/c1-2-13(20-14-8-4-3-7-12(14)16)15(19)18-11-6-5-9-17-10-11/h3-10,13H,2H2,1H3,(H,18,19). The summed E-state index contributed by atoms with van der Waals surface area (Å²) < 4.78 is 5.66. The molecule has 104 valence electrons. The zero-order valence-corrected chi connectivity index (χ0v) is 11.8. The molecule has 0 bridgehead atoms. The molecule has 4 nitrogen and oxygen atoms in total. The highest BCUT2D eigenvalue weighted by atomic mass is 35.5. The molecule has 0 saturated heterocycles. The lowest BCUT2D eigenvalue weighted by Gasteiger charge is -2.17. The van der Waals surface area contributed by atoms with Gasteiger partial charge in [0.05, 0.1) is 16.9 Å². The number of hydrogen-bond donors (Lipinski definition) is 1. The Kier molecular flexibility index (Phi) is 4.96. The number of nitrogens with one attached hydrogen (secondary N) is 1. The number of halogens is 1. The highest BCUT2D eigenvalue weighted by Gasteiger charge is 2.19. The lowest BCUT2D eigenvalue weighted by Crippen LogP contribution is -2.32. The van der Waals surface area contributed by atoms with E-state index in [4.69, 9.17) is 16.3 Å². The summed E-state index contributed by atoms with van der Waals surface area (Å²) in [6.07, 6.45) is 3.17. The van der Waals surface area contributed by atoms with E-state index in [-0.39, 0.29) is 5.91 Å². The fourth-order valence-electron chi connectivity index (χ4n) is 1.68. The number of nitrogens with zero attached hydrogens (tertiary/aromatic N) is 1. The van der Waals surface area contributed by atoms with Crippen LogP contribution in [0.15, 0.2) is 48.8 Å². The molecule has 1 aromatic heterocycles. The van der Waals surface area contributed by atoms with Crippen molar-refractivity contribution in [2.24, 2.45) is 0 Å². The second-order valence-corrected chi connectivity index (χ2v) is 4.58. The number of hydrogen-bond acceptors (Lipinski definition) is 3. The number of rotatable bonds is 5. The van der Waals surface area contributed by atoms with Gasteiger partial charge in [0.2, 0.25) is 0 Å². The predicted molar refractivity (Wildman–Crippen MR) is 79.0 cm³/mol. The lowest BCUT2D eigenvalue weighted by molar-refractivity contribution is -0.122. The second-order valence-electron chi connectivity index (χ2n) is 4.18. The van der Waals surface area contributed by atoms with E-state index in [2.05, 4.69) is 10.3 Å². The van der Waals surface area contributed by atoms with Gasteiger partial charge in [-0.3, -0.25) is 9.78 Å². The summed E-state index contributed by atoms with van der Waals surface area (Å²) in [5.74, 6) is 0.280. The SMILES string of the molecule is CCC(Oc1ccccc1Cl)C(=O)Nc1cccnc1. The van der Waals surface area contributed by atoms with Gasteiger partial charge in [-0.1, -0.05) is 30.7 Å². The summed E-state index contributed by atoms with van der Waals surface area (Å²) in [4.78, 5) is 16.1. The highest BCUT2D eigenvalue weighted by Crippen LogP contribution is 2.25. The van der Waals surface area contributed by atoms with Crippen molar-refractivity contribution < 1.29 is 9.53 Å². The molecule has 1 aromatic carbocycles. The monoisotopic (exact) mass is 290 g/mol. The molecular formula is C15H15ClN2O2. The van der Waals surface area contributed by atoms with E-state index in [0.717, 1.165) is 0 Å². The summed E-state index contributed by atoms with van der Waals surface area (Å²) >= 11 is 6.02. The minimum Gasteiger partial charge on any atom is -0.479 e. The van der Waals surface area contributed by atoms with Crippen LogP contribution in [0.4, 0.5) is 5.69 Å². The molecule has 2 aromatic rings. The van der Waals surface area contributed by atoms with Crippen LogP contribution in [-0.4, -0.2) is 17.0 Å². The van der Waals surface area contributed by atoms with Gasteiger partial charge >= 0.3 is 0 Å². The Hall–Kier alpha value is -2.07. The Bertz CT molecular complexity index is 575. The average Bonchev–Trinajstić information content (AvgIpc) is 2.47. The maximum atomic E-state index is 12.2. The van der Waals surface area contributed by atoms with Gasteiger partial charge in [-0.2, -0.15) is 0 Å². The lowest BCUT2D eigenvalue weighted by atomic mass is 10.2. The fraction of sp³-hybridized carbons (Fsp3) is 0.200. The zero-order valence-electron chi connectivity index (χ0n) is 11.0. The van der Waals surface area contributed by atoms with E-state index in [1.165, 1.54) is 0 Å². The largest absolute Gasteiger partial charge is 0.479 e. The second kappa shape index (κ2) is 6.91. The third-order valence-corrected chi connectivity index (χ3v) is 3.01. The van der Waals surface area contributed by atoms with E-state index in [1.807, 2.05) is 19.1 Å². The van der Waals surface area contributed by atoms with E-state index in [0.29, 0.717) is 22.9 Å².